The van der Waals surface area contributed by atoms with E-state index in [0.29, 0.717) is 13.1 Å². The summed E-state index contributed by atoms with van der Waals surface area (Å²) in [6, 6.07) is 6.83. The number of piperazine rings is 1. The molecule has 2 fully saturated rings. The first kappa shape index (κ1) is 19.0. The summed E-state index contributed by atoms with van der Waals surface area (Å²) in [5.41, 5.74) is 1.11. The molecule has 3 N–H and O–H groups in total. The molecule has 0 aromatic heterocycles. The average molecular weight is 381 g/mol. The van der Waals surface area contributed by atoms with Gasteiger partial charge < -0.3 is 15.1 Å². The van der Waals surface area contributed by atoms with Gasteiger partial charge in [0.05, 0.1) is 4.90 Å². The van der Waals surface area contributed by atoms with Crippen molar-refractivity contribution in [2.24, 2.45) is 10.6 Å². The molecule has 0 radical (unpaired) electrons. The fraction of sp³-hybridized carbons (Fsp3) is 0.611. The number of benzene rings is 1. The fourth-order valence-corrected chi connectivity index (χ4v) is 4.36. The lowest BCUT2D eigenvalue weighted by molar-refractivity contribution is 0.179. The number of nitrogens with one attached hydrogen (secondary N) is 1. The van der Waals surface area contributed by atoms with Gasteiger partial charge in [0.1, 0.15) is 0 Å². The van der Waals surface area contributed by atoms with Crippen LogP contribution in [0.1, 0.15) is 33.1 Å². The fourth-order valence-electron chi connectivity index (χ4n) is 3.85. The largest absolute Gasteiger partial charge is 0.368 e. The second-order valence-electron chi connectivity index (χ2n) is 7.90. The minimum absolute atomic E-state index is 0.0224. The van der Waals surface area contributed by atoms with Gasteiger partial charge in [0.2, 0.25) is 10.0 Å². The van der Waals surface area contributed by atoms with Crippen LogP contribution in [0, 0.1) is 5.41 Å². The molecule has 26 heavy (non-hydrogen) atoms. The molecule has 1 saturated carbocycles. The van der Waals surface area contributed by atoms with Crippen molar-refractivity contribution in [2.45, 2.75) is 44.0 Å². The molecular formula is C18H28N4O3S. The summed E-state index contributed by atoms with van der Waals surface area (Å²) in [7, 11) is -3.67. The van der Waals surface area contributed by atoms with E-state index in [-0.39, 0.29) is 22.4 Å². The summed E-state index contributed by atoms with van der Waals surface area (Å²) < 4.78 is 22.7. The molecule has 1 saturated heterocycles. The molecule has 2 aliphatic rings. The predicted molar refractivity (Wildman–Crippen MR) is 102 cm³/mol. The number of nitrogens with zero attached hydrogens (tertiary/aromatic N) is 2. The number of rotatable bonds is 3. The minimum Gasteiger partial charge on any atom is -0.368 e. The standard InChI is InChI=1S/C18H28N4O3S/c1-18(2)9-3-4-16(18)20-17(23)22-12-10-21(11-13-22)14-5-7-15(8-6-14)26(19,24)25/h5-8,16H,3-4,9-13H2,1-2H3,(H,20,23)(H2,19,24,25). The molecule has 7 nitrogen and oxygen atoms in total. The quantitative estimate of drug-likeness (QED) is 0.835. The number of carbonyl (C=O) groups excluding carboxylic acids is 1. The SMILES string of the molecule is CC1(C)CCCC1NC(=O)N1CCN(c2ccc(S(N)(=O)=O)cc2)CC1. The molecule has 2 amide bonds. The molecule has 3 rings (SSSR count). The lowest BCUT2D eigenvalue weighted by atomic mass is 9.87. The number of urea groups is 1. The third-order valence-corrected chi connectivity index (χ3v) is 6.58. The van der Waals surface area contributed by atoms with Gasteiger partial charge in [0.15, 0.2) is 0 Å². The Kier molecular flexibility index (Phi) is 5.16. The van der Waals surface area contributed by atoms with Crippen LogP contribution in [0.5, 0.6) is 0 Å². The van der Waals surface area contributed by atoms with Gasteiger partial charge >= 0.3 is 6.03 Å². The van der Waals surface area contributed by atoms with Gasteiger partial charge in [-0.3, -0.25) is 0 Å². The zero-order chi connectivity index (χ0) is 18.9. The van der Waals surface area contributed by atoms with Gasteiger partial charge in [-0.15, -0.1) is 0 Å². The van der Waals surface area contributed by atoms with Crippen LogP contribution in [0.15, 0.2) is 29.2 Å². The summed E-state index contributed by atoms with van der Waals surface area (Å²) in [5, 5.41) is 8.34. The Labute approximate surface area is 155 Å². The first-order valence-corrected chi connectivity index (χ1v) is 10.6. The Bertz CT molecular complexity index is 753. The van der Waals surface area contributed by atoms with Crippen LogP contribution < -0.4 is 15.4 Å². The van der Waals surface area contributed by atoms with Crippen molar-refractivity contribution in [2.75, 3.05) is 31.1 Å². The van der Waals surface area contributed by atoms with Crippen molar-refractivity contribution in [3.05, 3.63) is 24.3 Å². The Morgan fingerprint density at radius 2 is 1.77 bits per heavy atom. The monoisotopic (exact) mass is 380 g/mol. The maximum absolute atomic E-state index is 12.6. The van der Waals surface area contributed by atoms with E-state index in [4.69, 9.17) is 5.14 Å². The second-order valence-corrected chi connectivity index (χ2v) is 9.46. The van der Waals surface area contributed by atoms with Crippen molar-refractivity contribution in [1.29, 1.82) is 0 Å². The average Bonchev–Trinajstić information content (AvgIpc) is 2.93. The summed E-state index contributed by atoms with van der Waals surface area (Å²) in [4.78, 5) is 16.7. The van der Waals surface area contributed by atoms with E-state index in [1.54, 1.807) is 12.1 Å². The van der Waals surface area contributed by atoms with Crippen molar-refractivity contribution >= 4 is 21.7 Å². The van der Waals surface area contributed by atoms with Gasteiger partial charge in [0.25, 0.3) is 0 Å². The van der Waals surface area contributed by atoms with E-state index < -0.39 is 10.0 Å². The van der Waals surface area contributed by atoms with Gasteiger partial charge in [-0.2, -0.15) is 0 Å². The number of carbonyl (C=O) groups is 1. The smallest absolute Gasteiger partial charge is 0.317 e. The summed E-state index contributed by atoms with van der Waals surface area (Å²) in [6.45, 7) is 7.17. The maximum Gasteiger partial charge on any atom is 0.317 e. The van der Waals surface area contributed by atoms with E-state index in [2.05, 4.69) is 24.1 Å². The Hall–Kier alpha value is -1.80. The molecule has 1 atom stereocenters. The topological polar surface area (TPSA) is 95.7 Å². The zero-order valence-corrected chi connectivity index (χ0v) is 16.3. The minimum atomic E-state index is -3.67. The molecule has 144 valence electrons. The second kappa shape index (κ2) is 7.08. The maximum atomic E-state index is 12.6. The summed E-state index contributed by atoms with van der Waals surface area (Å²) in [6.07, 6.45) is 3.37. The number of amides is 2. The normalized spacial score (nSPS) is 23.1. The molecule has 1 aliphatic heterocycles. The summed E-state index contributed by atoms with van der Waals surface area (Å²) in [5.74, 6) is 0. The van der Waals surface area contributed by atoms with Crippen LogP contribution in [-0.2, 0) is 10.0 Å². The highest BCUT2D eigenvalue weighted by Crippen LogP contribution is 2.37. The molecule has 1 heterocycles. The number of hydrogen-bond acceptors (Lipinski definition) is 4. The van der Waals surface area contributed by atoms with Gasteiger partial charge in [-0.05, 0) is 42.5 Å². The van der Waals surface area contributed by atoms with Crippen molar-refractivity contribution < 1.29 is 13.2 Å². The number of nitrogens with two attached hydrogens (primary N) is 1. The van der Waals surface area contributed by atoms with Crippen LogP contribution in [-0.4, -0.2) is 51.6 Å². The molecule has 1 aromatic carbocycles. The van der Waals surface area contributed by atoms with E-state index in [1.807, 2.05) is 4.90 Å². The molecule has 1 unspecified atom stereocenters. The van der Waals surface area contributed by atoms with Crippen LogP contribution >= 0.6 is 0 Å². The highest BCUT2D eigenvalue weighted by molar-refractivity contribution is 7.89. The lowest BCUT2D eigenvalue weighted by Crippen LogP contribution is -2.54. The highest BCUT2D eigenvalue weighted by Gasteiger charge is 2.36. The Morgan fingerprint density at radius 1 is 1.15 bits per heavy atom. The van der Waals surface area contributed by atoms with Crippen molar-refractivity contribution in [3.63, 3.8) is 0 Å². The summed E-state index contributed by atoms with van der Waals surface area (Å²) >= 11 is 0. The van der Waals surface area contributed by atoms with Gasteiger partial charge in [0, 0.05) is 37.9 Å². The van der Waals surface area contributed by atoms with Crippen LogP contribution in [0.2, 0.25) is 0 Å². The van der Waals surface area contributed by atoms with E-state index >= 15 is 0 Å². The molecular weight excluding hydrogens is 352 g/mol. The number of anilines is 1. The third-order valence-electron chi connectivity index (χ3n) is 5.65. The van der Waals surface area contributed by atoms with Crippen LogP contribution in [0.25, 0.3) is 0 Å². The Balaban J connectivity index is 1.55. The molecule has 0 bridgehead atoms. The van der Waals surface area contributed by atoms with Gasteiger partial charge in [-0.1, -0.05) is 20.3 Å². The zero-order valence-electron chi connectivity index (χ0n) is 15.4. The lowest BCUT2D eigenvalue weighted by Gasteiger charge is -2.37. The number of hydrogen-bond donors (Lipinski definition) is 2. The van der Waals surface area contributed by atoms with Gasteiger partial charge in [-0.25, -0.2) is 18.4 Å². The molecule has 1 aliphatic carbocycles. The van der Waals surface area contributed by atoms with Crippen LogP contribution in [0.3, 0.4) is 0 Å². The molecule has 1 aromatic rings. The number of primary sulfonamides is 1. The van der Waals surface area contributed by atoms with E-state index in [1.165, 1.54) is 18.6 Å². The van der Waals surface area contributed by atoms with E-state index in [9.17, 15) is 13.2 Å². The van der Waals surface area contributed by atoms with Crippen molar-refractivity contribution in [3.8, 4) is 0 Å². The predicted octanol–water partition coefficient (Wildman–Crippen LogP) is 1.74. The van der Waals surface area contributed by atoms with Crippen LogP contribution in [0.4, 0.5) is 10.5 Å². The highest BCUT2D eigenvalue weighted by atomic mass is 32.2. The Morgan fingerprint density at radius 3 is 2.27 bits per heavy atom. The molecule has 0 spiro atoms. The number of sulfonamides is 1. The first-order chi connectivity index (χ1) is 12.2. The van der Waals surface area contributed by atoms with E-state index in [0.717, 1.165) is 31.6 Å². The third kappa shape index (κ3) is 4.12. The van der Waals surface area contributed by atoms with Crippen molar-refractivity contribution in [1.82, 2.24) is 10.2 Å². The first-order valence-electron chi connectivity index (χ1n) is 9.10. The molecule has 8 heteroatoms.